The van der Waals surface area contributed by atoms with Crippen molar-refractivity contribution < 1.29 is 17.6 Å². The van der Waals surface area contributed by atoms with Crippen LogP contribution in [0, 0.1) is 5.82 Å². The van der Waals surface area contributed by atoms with Crippen molar-refractivity contribution in [2.75, 3.05) is 6.54 Å². The van der Waals surface area contributed by atoms with Gasteiger partial charge in [-0.25, -0.2) is 4.39 Å². The third-order valence-corrected chi connectivity index (χ3v) is 2.74. The Hall–Kier alpha value is -1.36. The Kier molecular flexibility index (Phi) is 5.54. The number of benzene rings is 1. The van der Waals surface area contributed by atoms with Gasteiger partial charge in [0.05, 0.1) is 5.56 Å². The summed E-state index contributed by atoms with van der Waals surface area (Å²) in [7, 11) is 0. The first kappa shape index (κ1) is 15.7. The van der Waals surface area contributed by atoms with Crippen LogP contribution in [0.4, 0.5) is 17.6 Å². The van der Waals surface area contributed by atoms with Gasteiger partial charge in [-0.3, -0.25) is 0 Å². The highest BCUT2D eigenvalue weighted by Crippen LogP contribution is 2.32. The molecule has 0 radical (unpaired) electrons. The van der Waals surface area contributed by atoms with Crippen molar-refractivity contribution in [1.82, 2.24) is 5.32 Å². The largest absolute Gasteiger partial charge is 0.416 e. The van der Waals surface area contributed by atoms with Crippen molar-refractivity contribution in [1.29, 1.82) is 0 Å². The summed E-state index contributed by atoms with van der Waals surface area (Å²) in [4.78, 5) is 0. The molecular formula is C14H17F4N. The van der Waals surface area contributed by atoms with Crippen molar-refractivity contribution in [3.63, 3.8) is 0 Å². The van der Waals surface area contributed by atoms with Crippen molar-refractivity contribution in [2.45, 2.75) is 32.0 Å². The average Bonchev–Trinajstić information content (AvgIpc) is 2.34. The Morgan fingerprint density at radius 2 is 2.05 bits per heavy atom. The van der Waals surface area contributed by atoms with E-state index in [0.717, 1.165) is 24.6 Å². The number of hydrogen-bond donors (Lipinski definition) is 1. The molecular weight excluding hydrogens is 258 g/mol. The van der Waals surface area contributed by atoms with Crippen LogP contribution in [0.2, 0.25) is 0 Å². The molecule has 1 atom stereocenters. The van der Waals surface area contributed by atoms with Gasteiger partial charge in [-0.2, -0.15) is 13.2 Å². The molecule has 0 aliphatic carbocycles. The zero-order valence-electron chi connectivity index (χ0n) is 10.7. The van der Waals surface area contributed by atoms with Crippen LogP contribution in [-0.4, -0.2) is 6.54 Å². The molecule has 0 aliphatic heterocycles. The molecule has 5 heteroatoms. The maximum absolute atomic E-state index is 13.7. The van der Waals surface area contributed by atoms with Gasteiger partial charge >= 0.3 is 6.18 Å². The Morgan fingerprint density at radius 1 is 1.37 bits per heavy atom. The van der Waals surface area contributed by atoms with E-state index in [1.807, 2.05) is 6.92 Å². The lowest BCUT2D eigenvalue weighted by Crippen LogP contribution is -2.23. The van der Waals surface area contributed by atoms with Crippen molar-refractivity contribution in [3.8, 4) is 0 Å². The molecule has 1 unspecified atom stereocenters. The second-order valence-electron chi connectivity index (χ2n) is 4.27. The fourth-order valence-corrected chi connectivity index (χ4v) is 1.79. The van der Waals surface area contributed by atoms with E-state index in [2.05, 4.69) is 11.9 Å². The second kappa shape index (κ2) is 6.70. The fourth-order valence-electron chi connectivity index (χ4n) is 1.79. The molecule has 0 fully saturated rings. The molecule has 0 bridgehead atoms. The van der Waals surface area contributed by atoms with Gasteiger partial charge in [0.1, 0.15) is 5.82 Å². The van der Waals surface area contributed by atoms with E-state index in [4.69, 9.17) is 0 Å². The third kappa shape index (κ3) is 4.35. The van der Waals surface area contributed by atoms with E-state index in [0.29, 0.717) is 13.0 Å². The molecule has 106 valence electrons. The number of halogens is 4. The third-order valence-electron chi connectivity index (χ3n) is 2.74. The summed E-state index contributed by atoms with van der Waals surface area (Å²) in [6.45, 7) is 6.09. The van der Waals surface area contributed by atoms with Gasteiger partial charge in [0.25, 0.3) is 0 Å². The highest BCUT2D eigenvalue weighted by molar-refractivity contribution is 5.30. The minimum atomic E-state index is -4.47. The predicted molar refractivity (Wildman–Crippen MR) is 67.3 cm³/mol. The van der Waals surface area contributed by atoms with Crippen LogP contribution in [0.3, 0.4) is 0 Å². The summed E-state index contributed by atoms with van der Waals surface area (Å²) in [6, 6.07) is 2.00. The van der Waals surface area contributed by atoms with Crippen LogP contribution in [0.5, 0.6) is 0 Å². The van der Waals surface area contributed by atoms with Gasteiger partial charge in [-0.1, -0.05) is 13.0 Å². The van der Waals surface area contributed by atoms with E-state index in [9.17, 15) is 17.6 Å². The molecule has 1 aromatic rings. The van der Waals surface area contributed by atoms with E-state index in [1.54, 1.807) is 6.08 Å². The second-order valence-corrected chi connectivity index (χ2v) is 4.27. The zero-order valence-corrected chi connectivity index (χ0v) is 10.7. The van der Waals surface area contributed by atoms with Gasteiger partial charge in [-0.05, 0) is 37.6 Å². The first-order chi connectivity index (χ1) is 8.90. The summed E-state index contributed by atoms with van der Waals surface area (Å²) in [6.07, 6.45) is -1.72. The Labute approximate surface area is 110 Å². The smallest absolute Gasteiger partial charge is 0.310 e. The number of alkyl halides is 3. The van der Waals surface area contributed by atoms with Crippen molar-refractivity contribution in [2.24, 2.45) is 0 Å². The normalized spacial score (nSPS) is 13.3. The molecule has 0 saturated carbocycles. The first-order valence-corrected chi connectivity index (χ1v) is 6.11. The maximum atomic E-state index is 13.7. The number of hydrogen-bond acceptors (Lipinski definition) is 1. The van der Waals surface area contributed by atoms with Crippen molar-refractivity contribution >= 4 is 0 Å². The molecule has 0 amide bonds. The minimum Gasteiger partial charge on any atom is -0.310 e. The van der Waals surface area contributed by atoms with Gasteiger partial charge in [0.15, 0.2) is 0 Å². The van der Waals surface area contributed by atoms with Gasteiger partial charge in [0, 0.05) is 11.6 Å². The Balaban J connectivity index is 3.09. The number of nitrogens with one attached hydrogen (secondary N) is 1. The van der Waals surface area contributed by atoms with E-state index < -0.39 is 23.6 Å². The lowest BCUT2D eigenvalue weighted by molar-refractivity contribution is -0.137. The van der Waals surface area contributed by atoms with Crippen LogP contribution in [0.1, 0.15) is 36.9 Å². The molecule has 0 saturated heterocycles. The predicted octanol–water partition coefficient (Wildman–Crippen LogP) is 4.46. The van der Waals surface area contributed by atoms with E-state index >= 15 is 0 Å². The first-order valence-electron chi connectivity index (χ1n) is 6.11. The molecule has 1 aromatic carbocycles. The van der Waals surface area contributed by atoms with Crippen LogP contribution in [0.15, 0.2) is 30.9 Å². The molecule has 1 rings (SSSR count). The number of rotatable bonds is 6. The Bertz CT molecular complexity index is 426. The van der Waals surface area contributed by atoms with E-state index in [1.165, 1.54) is 0 Å². The molecule has 19 heavy (non-hydrogen) atoms. The summed E-state index contributed by atoms with van der Waals surface area (Å²) >= 11 is 0. The van der Waals surface area contributed by atoms with Gasteiger partial charge < -0.3 is 5.32 Å². The van der Waals surface area contributed by atoms with E-state index in [-0.39, 0.29) is 5.56 Å². The van der Waals surface area contributed by atoms with Crippen LogP contribution in [0.25, 0.3) is 0 Å². The monoisotopic (exact) mass is 275 g/mol. The highest BCUT2D eigenvalue weighted by atomic mass is 19.4. The lowest BCUT2D eigenvalue weighted by Gasteiger charge is -2.19. The lowest BCUT2D eigenvalue weighted by atomic mass is 10.00. The molecule has 1 nitrogen and oxygen atoms in total. The highest BCUT2D eigenvalue weighted by Gasteiger charge is 2.31. The standard InChI is InChI=1S/C14H17F4N/c1-3-5-13(19-8-4-2)11-9-10(14(16,17)18)6-7-12(11)15/h3,6-7,9,13,19H,1,4-5,8H2,2H3. The molecule has 0 spiro atoms. The van der Waals surface area contributed by atoms with Crippen LogP contribution in [-0.2, 0) is 6.18 Å². The Morgan fingerprint density at radius 3 is 2.58 bits per heavy atom. The SMILES string of the molecule is C=CCC(NCCC)c1cc(C(F)(F)F)ccc1F. The van der Waals surface area contributed by atoms with Crippen LogP contribution >= 0.6 is 0 Å². The molecule has 1 N–H and O–H groups in total. The van der Waals surface area contributed by atoms with Crippen molar-refractivity contribution in [3.05, 3.63) is 47.8 Å². The average molecular weight is 275 g/mol. The van der Waals surface area contributed by atoms with Gasteiger partial charge in [-0.15, -0.1) is 6.58 Å². The quantitative estimate of drug-likeness (QED) is 0.597. The summed E-state index contributed by atoms with van der Waals surface area (Å²) in [5, 5.41) is 3.03. The molecule has 0 aliphatic rings. The minimum absolute atomic E-state index is 0.0307. The van der Waals surface area contributed by atoms with Crippen LogP contribution < -0.4 is 5.32 Å². The molecule has 0 aromatic heterocycles. The van der Waals surface area contributed by atoms with Gasteiger partial charge in [0.2, 0.25) is 0 Å². The fraction of sp³-hybridized carbons (Fsp3) is 0.429. The zero-order chi connectivity index (χ0) is 14.5. The topological polar surface area (TPSA) is 12.0 Å². The summed E-state index contributed by atoms with van der Waals surface area (Å²) in [5.41, 5.74) is -0.806. The summed E-state index contributed by atoms with van der Waals surface area (Å²) in [5.74, 6) is -0.636. The summed E-state index contributed by atoms with van der Waals surface area (Å²) < 4.78 is 51.6. The maximum Gasteiger partial charge on any atom is 0.416 e. The molecule has 0 heterocycles.